The van der Waals surface area contributed by atoms with E-state index >= 15 is 0 Å². The molecule has 0 radical (unpaired) electrons. The Bertz CT molecular complexity index is 1140. The average molecular weight is 472 g/mol. The van der Waals surface area contributed by atoms with Crippen LogP contribution in [0.3, 0.4) is 0 Å². The van der Waals surface area contributed by atoms with Crippen molar-refractivity contribution in [2.45, 2.75) is 35.9 Å². The number of alkyl halides is 3. The van der Waals surface area contributed by atoms with Gasteiger partial charge in [0.05, 0.1) is 10.5 Å². The van der Waals surface area contributed by atoms with Crippen molar-refractivity contribution in [2.24, 2.45) is 0 Å². The molecule has 0 bridgehead atoms. The molecule has 3 rings (SSSR count). The summed E-state index contributed by atoms with van der Waals surface area (Å²) >= 11 is 0.974. The van der Waals surface area contributed by atoms with Gasteiger partial charge in [0.15, 0.2) is 0 Å². The standard InChI is InChI=1S/C20H20F3N3O3S2/c1-3-26(4-2)31(27,28)16-10-7-9-14(12-16)18-24-25-19(29-18)30-13-15-8-5-6-11-17(15)20(21,22)23/h5-12H,3-4,13H2,1-2H3. The van der Waals surface area contributed by atoms with Crippen LogP contribution in [0.5, 0.6) is 0 Å². The van der Waals surface area contributed by atoms with Crippen LogP contribution in [-0.2, 0) is 22.0 Å². The lowest BCUT2D eigenvalue weighted by molar-refractivity contribution is -0.138. The molecule has 0 saturated heterocycles. The Balaban J connectivity index is 1.80. The summed E-state index contributed by atoms with van der Waals surface area (Å²) in [4.78, 5) is 0.0974. The van der Waals surface area contributed by atoms with Gasteiger partial charge in [-0.3, -0.25) is 0 Å². The third-order valence-electron chi connectivity index (χ3n) is 4.50. The molecule has 11 heteroatoms. The molecule has 6 nitrogen and oxygen atoms in total. The summed E-state index contributed by atoms with van der Waals surface area (Å²) in [6.07, 6.45) is -4.45. The van der Waals surface area contributed by atoms with E-state index in [1.165, 1.54) is 34.6 Å². The highest BCUT2D eigenvalue weighted by Crippen LogP contribution is 2.35. The summed E-state index contributed by atoms with van der Waals surface area (Å²) in [5.74, 6) is 0.0800. The second-order valence-electron chi connectivity index (χ2n) is 6.43. The van der Waals surface area contributed by atoms with Crippen LogP contribution in [0.15, 0.2) is 63.1 Å². The molecule has 0 aliphatic rings. The van der Waals surface area contributed by atoms with Gasteiger partial charge in [-0.1, -0.05) is 49.9 Å². The molecule has 31 heavy (non-hydrogen) atoms. The molecule has 0 fully saturated rings. The molecule has 0 atom stereocenters. The lowest BCUT2D eigenvalue weighted by Gasteiger charge is -2.18. The smallest absolute Gasteiger partial charge is 0.411 e. The largest absolute Gasteiger partial charge is 0.416 e. The first-order valence-corrected chi connectivity index (χ1v) is 11.8. The van der Waals surface area contributed by atoms with Gasteiger partial charge >= 0.3 is 6.18 Å². The first-order valence-electron chi connectivity index (χ1n) is 9.38. The Kier molecular flexibility index (Phi) is 7.07. The Labute approximate surface area is 182 Å². The molecule has 1 heterocycles. The molecular formula is C20H20F3N3O3S2. The highest BCUT2D eigenvalue weighted by Gasteiger charge is 2.33. The summed E-state index contributed by atoms with van der Waals surface area (Å²) in [7, 11) is -3.66. The maximum Gasteiger partial charge on any atom is 0.416 e. The summed E-state index contributed by atoms with van der Waals surface area (Å²) < 4.78 is 71.7. The van der Waals surface area contributed by atoms with Gasteiger partial charge in [-0.2, -0.15) is 17.5 Å². The third kappa shape index (κ3) is 5.28. The molecule has 0 aliphatic carbocycles. The Hall–Kier alpha value is -2.37. The van der Waals surface area contributed by atoms with Crippen LogP contribution in [0.25, 0.3) is 11.5 Å². The summed E-state index contributed by atoms with van der Waals surface area (Å²) in [6, 6.07) is 11.4. The predicted octanol–water partition coefficient (Wildman–Crippen LogP) is 5.08. The minimum absolute atomic E-state index is 0.00625. The molecule has 0 unspecified atom stereocenters. The third-order valence-corrected chi connectivity index (χ3v) is 7.42. The van der Waals surface area contributed by atoms with E-state index in [9.17, 15) is 21.6 Å². The van der Waals surface area contributed by atoms with Crippen LogP contribution < -0.4 is 0 Å². The molecule has 0 aliphatic heterocycles. The van der Waals surface area contributed by atoms with E-state index in [4.69, 9.17) is 4.42 Å². The van der Waals surface area contributed by atoms with Gasteiger partial charge in [-0.15, -0.1) is 10.2 Å². The quantitative estimate of drug-likeness (QED) is 0.427. The lowest BCUT2D eigenvalue weighted by Crippen LogP contribution is -2.30. The first kappa shape index (κ1) is 23.3. The van der Waals surface area contributed by atoms with Crippen LogP contribution >= 0.6 is 11.8 Å². The van der Waals surface area contributed by atoms with Gasteiger partial charge in [0.2, 0.25) is 15.9 Å². The molecule has 3 aromatic rings. The van der Waals surface area contributed by atoms with Gasteiger partial charge < -0.3 is 4.42 Å². The van der Waals surface area contributed by atoms with Gasteiger partial charge in [0.1, 0.15) is 0 Å². The highest BCUT2D eigenvalue weighted by molar-refractivity contribution is 7.98. The summed E-state index contributed by atoms with van der Waals surface area (Å²) in [5, 5.41) is 7.86. The zero-order valence-corrected chi connectivity index (χ0v) is 18.4. The predicted molar refractivity (Wildman–Crippen MR) is 111 cm³/mol. The van der Waals surface area contributed by atoms with Crippen molar-refractivity contribution in [3.8, 4) is 11.5 Å². The highest BCUT2D eigenvalue weighted by atomic mass is 32.2. The number of thioether (sulfide) groups is 1. The van der Waals surface area contributed by atoms with E-state index in [0.717, 1.165) is 17.8 Å². The van der Waals surface area contributed by atoms with Gasteiger partial charge in [0, 0.05) is 24.4 Å². The number of benzene rings is 2. The van der Waals surface area contributed by atoms with Crippen molar-refractivity contribution in [1.82, 2.24) is 14.5 Å². The minimum Gasteiger partial charge on any atom is -0.411 e. The monoisotopic (exact) mass is 471 g/mol. The number of halogens is 3. The van der Waals surface area contributed by atoms with Crippen molar-refractivity contribution in [3.05, 3.63) is 59.7 Å². The summed E-state index contributed by atoms with van der Waals surface area (Å²) in [5.41, 5.74) is -0.202. The fourth-order valence-corrected chi connectivity index (χ4v) is 5.22. The van der Waals surface area contributed by atoms with Crippen LogP contribution in [0.1, 0.15) is 25.0 Å². The molecule has 1 aromatic heterocycles. The normalized spacial score (nSPS) is 12.5. The van der Waals surface area contributed by atoms with Crippen molar-refractivity contribution in [3.63, 3.8) is 0 Å². The molecule has 0 saturated carbocycles. The molecule has 2 aromatic carbocycles. The molecule has 0 N–H and O–H groups in total. The van der Waals surface area contributed by atoms with Crippen LogP contribution in [0, 0.1) is 0 Å². The van der Waals surface area contributed by atoms with E-state index in [-0.39, 0.29) is 27.3 Å². The minimum atomic E-state index is -4.45. The van der Waals surface area contributed by atoms with Crippen molar-refractivity contribution < 1.29 is 26.0 Å². The number of aromatic nitrogens is 2. The van der Waals surface area contributed by atoms with Crippen LogP contribution in [-0.4, -0.2) is 36.0 Å². The van der Waals surface area contributed by atoms with E-state index in [0.29, 0.717) is 18.7 Å². The second-order valence-corrected chi connectivity index (χ2v) is 9.30. The van der Waals surface area contributed by atoms with Crippen LogP contribution in [0.2, 0.25) is 0 Å². The molecular weight excluding hydrogens is 451 g/mol. The lowest BCUT2D eigenvalue weighted by atomic mass is 10.1. The van der Waals surface area contributed by atoms with E-state index in [2.05, 4.69) is 10.2 Å². The number of nitrogens with zero attached hydrogens (tertiary/aromatic N) is 3. The average Bonchev–Trinajstić information content (AvgIpc) is 3.22. The zero-order chi connectivity index (χ0) is 22.6. The zero-order valence-electron chi connectivity index (χ0n) is 16.8. The van der Waals surface area contributed by atoms with E-state index < -0.39 is 21.8 Å². The topological polar surface area (TPSA) is 76.3 Å². The van der Waals surface area contributed by atoms with E-state index in [1.54, 1.807) is 26.0 Å². The molecule has 0 spiro atoms. The number of sulfonamides is 1. The molecule has 166 valence electrons. The number of hydrogen-bond donors (Lipinski definition) is 0. The van der Waals surface area contributed by atoms with Gasteiger partial charge in [0.25, 0.3) is 5.22 Å². The maximum absolute atomic E-state index is 13.1. The fourth-order valence-electron chi connectivity index (χ4n) is 2.95. The van der Waals surface area contributed by atoms with Crippen molar-refractivity contribution >= 4 is 21.8 Å². The Morgan fingerprint density at radius 1 is 1.03 bits per heavy atom. The first-order chi connectivity index (χ1) is 14.7. The van der Waals surface area contributed by atoms with Crippen molar-refractivity contribution in [2.75, 3.05) is 13.1 Å². The Morgan fingerprint density at radius 3 is 2.42 bits per heavy atom. The number of hydrogen-bond acceptors (Lipinski definition) is 6. The van der Waals surface area contributed by atoms with Crippen LogP contribution in [0.4, 0.5) is 13.2 Å². The second kappa shape index (κ2) is 9.41. The van der Waals surface area contributed by atoms with E-state index in [1.807, 2.05) is 0 Å². The van der Waals surface area contributed by atoms with Crippen molar-refractivity contribution in [1.29, 1.82) is 0 Å². The summed E-state index contributed by atoms with van der Waals surface area (Å²) in [6.45, 7) is 4.18. The SMILES string of the molecule is CCN(CC)S(=O)(=O)c1cccc(-c2nnc(SCc3ccccc3C(F)(F)F)o2)c1. The van der Waals surface area contributed by atoms with Gasteiger partial charge in [-0.25, -0.2) is 8.42 Å². The fraction of sp³-hybridized carbons (Fsp3) is 0.300. The Morgan fingerprint density at radius 2 is 1.74 bits per heavy atom. The number of rotatable bonds is 8. The van der Waals surface area contributed by atoms with Gasteiger partial charge in [-0.05, 0) is 29.8 Å². The maximum atomic E-state index is 13.1. The molecule has 0 amide bonds.